The first-order valence-corrected chi connectivity index (χ1v) is 7.44. The second-order valence-corrected chi connectivity index (χ2v) is 6.08. The molecule has 0 aliphatic heterocycles. The maximum absolute atomic E-state index is 3.84. The molecule has 96 valence electrons. The zero-order valence-electron chi connectivity index (χ0n) is 11.6. The topological polar surface area (TPSA) is 12.0 Å². The number of rotatable bonds is 5. The Bertz CT molecular complexity index is 157. The van der Waals surface area contributed by atoms with Gasteiger partial charge in [-0.1, -0.05) is 46.0 Å². The second kappa shape index (κ2) is 8.11. The molecule has 1 nitrogen and oxygen atoms in total. The molecule has 0 heterocycles. The fourth-order valence-electron chi connectivity index (χ4n) is 2.69. The molecule has 16 heavy (non-hydrogen) atoms. The summed E-state index contributed by atoms with van der Waals surface area (Å²) in [6.45, 7) is 7.01. The third-order valence-corrected chi connectivity index (χ3v) is 3.80. The van der Waals surface area contributed by atoms with Gasteiger partial charge in [-0.2, -0.15) is 0 Å². The van der Waals surface area contributed by atoms with Gasteiger partial charge in [-0.25, -0.2) is 0 Å². The third kappa shape index (κ3) is 6.52. The van der Waals surface area contributed by atoms with E-state index in [0.29, 0.717) is 6.04 Å². The summed E-state index contributed by atoms with van der Waals surface area (Å²) in [6, 6.07) is 1.52. The highest BCUT2D eigenvalue weighted by atomic mass is 14.9. The van der Waals surface area contributed by atoms with Crippen molar-refractivity contribution in [3.8, 4) is 0 Å². The summed E-state index contributed by atoms with van der Waals surface area (Å²) in [5.74, 6) is 0.849. The van der Waals surface area contributed by atoms with E-state index in [4.69, 9.17) is 0 Å². The molecule has 1 aliphatic rings. The monoisotopic (exact) mass is 225 g/mol. The summed E-state index contributed by atoms with van der Waals surface area (Å²) in [6.07, 6.45) is 12.8. The van der Waals surface area contributed by atoms with E-state index in [0.717, 1.165) is 12.0 Å². The Kier molecular flexibility index (Phi) is 7.11. The molecule has 0 bridgehead atoms. The molecule has 1 saturated carbocycles. The Labute approximate surface area is 102 Å². The van der Waals surface area contributed by atoms with Gasteiger partial charge in [0.2, 0.25) is 0 Å². The van der Waals surface area contributed by atoms with Gasteiger partial charge in [-0.15, -0.1) is 0 Å². The van der Waals surface area contributed by atoms with Crippen molar-refractivity contribution in [2.45, 2.75) is 90.6 Å². The molecule has 1 aliphatic carbocycles. The van der Waals surface area contributed by atoms with Crippen LogP contribution >= 0.6 is 0 Å². The molecule has 1 heteroatoms. The lowest BCUT2D eigenvalue weighted by Crippen LogP contribution is -2.37. The standard InChI is InChI=1S/C15H31N/c1-13(2)11-12-14(3)16-15-9-7-5-4-6-8-10-15/h13-16H,4-12H2,1-3H3. The zero-order chi connectivity index (χ0) is 11.8. The number of hydrogen-bond donors (Lipinski definition) is 1. The lowest BCUT2D eigenvalue weighted by Gasteiger charge is -2.25. The molecule has 0 aromatic carbocycles. The highest BCUT2D eigenvalue weighted by Crippen LogP contribution is 2.18. The molecule has 0 radical (unpaired) electrons. The SMILES string of the molecule is CC(C)CCC(C)NC1CCCCCCC1. The molecular weight excluding hydrogens is 194 g/mol. The second-order valence-electron chi connectivity index (χ2n) is 6.08. The van der Waals surface area contributed by atoms with Crippen LogP contribution in [0.1, 0.15) is 78.6 Å². The molecule has 0 aromatic rings. The Morgan fingerprint density at radius 3 is 2.00 bits per heavy atom. The first kappa shape index (κ1) is 14.0. The smallest absolute Gasteiger partial charge is 0.00695 e. The average molecular weight is 225 g/mol. The molecule has 1 N–H and O–H groups in total. The Balaban J connectivity index is 2.17. The third-order valence-electron chi connectivity index (χ3n) is 3.80. The molecule has 1 unspecified atom stereocenters. The zero-order valence-corrected chi connectivity index (χ0v) is 11.6. The van der Waals surface area contributed by atoms with Crippen LogP contribution in [0.2, 0.25) is 0 Å². The highest BCUT2D eigenvalue weighted by Gasteiger charge is 2.13. The van der Waals surface area contributed by atoms with Crippen molar-refractivity contribution in [2.24, 2.45) is 5.92 Å². The van der Waals surface area contributed by atoms with Crippen LogP contribution in [0.5, 0.6) is 0 Å². The maximum atomic E-state index is 3.84. The van der Waals surface area contributed by atoms with E-state index in [1.165, 1.54) is 57.8 Å². The minimum atomic E-state index is 0.715. The Morgan fingerprint density at radius 2 is 1.44 bits per heavy atom. The number of hydrogen-bond acceptors (Lipinski definition) is 1. The van der Waals surface area contributed by atoms with Gasteiger partial charge in [0.25, 0.3) is 0 Å². The van der Waals surface area contributed by atoms with Crippen LogP contribution in [0.3, 0.4) is 0 Å². The van der Waals surface area contributed by atoms with Gasteiger partial charge in [-0.3, -0.25) is 0 Å². The predicted octanol–water partition coefficient (Wildman–Crippen LogP) is 4.51. The van der Waals surface area contributed by atoms with Crippen molar-refractivity contribution in [1.82, 2.24) is 5.32 Å². The average Bonchev–Trinajstić information content (AvgIpc) is 2.19. The van der Waals surface area contributed by atoms with Crippen molar-refractivity contribution >= 4 is 0 Å². The van der Waals surface area contributed by atoms with Crippen molar-refractivity contribution in [2.75, 3.05) is 0 Å². The fourth-order valence-corrected chi connectivity index (χ4v) is 2.69. The summed E-state index contributed by atoms with van der Waals surface area (Å²) >= 11 is 0. The van der Waals surface area contributed by atoms with Crippen LogP contribution in [-0.4, -0.2) is 12.1 Å². The van der Waals surface area contributed by atoms with Gasteiger partial charge in [0, 0.05) is 12.1 Å². The Morgan fingerprint density at radius 1 is 0.875 bits per heavy atom. The molecule has 0 aromatic heterocycles. The molecule has 0 amide bonds. The predicted molar refractivity (Wildman–Crippen MR) is 72.8 cm³/mol. The summed E-state index contributed by atoms with van der Waals surface area (Å²) in [4.78, 5) is 0. The lowest BCUT2D eigenvalue weighted by atomic mass is 9.95. The Hall–Kier alpha value is -0.0400. The van der Waals surface area contributed by atoms with E-state index in [1.807, 2.05) is 0 Å². The first-order valence-electron chi connectivity index (χ1n) is 7.44. The summed E-state index contributed by atoms with van der Waals surface area (Å²) in [5.41, 5.74) is 0. The highest BCUT2D eigenvalue weighted by molar-refractivity contribution is 4.73. The van der Waals surface area contributed by atoms with E-state index in [-0.39, 0.29) is 0 Å². The number of nitrogens with one attached hydrogen (secondary N) is 1. The van der Waals surface area contributed by atoms with Gasteiger partial charge in [0.15, 0.2) is 0 Å². The molecule has 1 atom stereocenters. The molecule has 1 fully saturated rings. The van der Waals surface area contributed by atoms with Crippen LogP contribution < -0.4 is 5.32 Å². The van der Waals surface area contributed by atoms with Gasteiger partial charge in [-0.05, 0) is 38.5 Å². The van der Waals surface area contributed by atoms with Crippen LogP contribution in [0.4, 0.5) is 0 Å². The van der Waals surface area contributed by atoms with E-state index >= 15 is 0 Å². The lowest BCUT2D eigenvalue weighted by molar-refractivity contribution is 0.341. The van der Waals surface area contributed by atoms with Crippen molar-refractivity contribution < 1.29 is 0 Å². The normalized spacial score (nSPS) is 21.8. The van der Waals surface area contributed by atoms with Crippen molar-refractivity contribution in [3.05, 3.63) is 0 Å². The van der Waals surface area contributed by atoms with Crippen LogP contribution in [0, 0.1) is 5.92 Å². The minimum absolute atomic E-state index is 0.715. The molecule has 0 spiro atoms. The maximum Gasteiger partial charge on any atom is 0.00695 e. The molecule has 1 rings (SSSR count). The largest absolute Gasteiger partial charge is 0.312 e. The van der Waals surface area contributed by atoms with Crippen molar-refractivity contribution in [3.63, 3.8) is 0 Å². The van der Waals surface area contributed by atoms with Crippen molar-refractivity contribution in [1.29, 1.82) is 0 Å². The van der Waals surface area contributed by atoms with Crippen LogP contribution in [-0.2, 0) is 0 Å². The summed E-state index contributed by atoms with van der Waals surface area (Å²) in [7, 11) is 0. The van der Waals surface area contributed by atoms with Crippen LogP contribution in [0.15, 0.2) is 0 Å². The van der Waals surface area contributed by atoms with Crippen LogP contribution in [0.25, 0.3) is 0 Å². The molecular formula is C15H31N. The van der Waals surface area contributed by atoms with E-state index < -0.39 is 0 Å². The van der Waals surface area contributed by atoms with Gasteiger partial charge in [0.05, 0.1) is 0 Å². The van der Waals surface area contributed by atoms with Gasteiger partial charge < -0.3 is 5.32 Å². The van der Waals surface area contributed by atoms with E-state index in [1.54, 1.807) is 0 Å². The quantitative estimate of drug-likeness (QED) is 0.725. The summed E-state index contributed by atoms with van der Waals surface area (Å²) in [5, 5.41) is 3.84. The summed E-state index contributed by atoms with van der Waals surface area (Å²) < 4.78 is 0. The minimum Gasteiger partial charge on any atom is -0.312 e. The molecule has 0 saturated heterocycles. The van der Waals surface area contributed by atoms with E-state index in [2.05, 4.69) is 26.1 Å². The first-order chi connectivity index (χ1) is 7.68. The van der Waals surface area contributed by atoms with Gasteiger partial charge >= 0.3 is 0 Å². The fraction of sp³-hybridized carbons (Fsp3) is 1.00. The van der Waals surface area contributed by atoms with Gasteiger partial charge in [0.1, 0.15) is 0 Å². The van der Waals surface area contributed by atoms with E-state index in [9.17, 15) is 0 Å².